The van der Waals surface area contributed by atoms with Crippen LogP contribution in [0.4, 0.5) is 0 Å². The van der Waals surface area contributed by atoms with E-state index in [2.05, 4.69) is 4.98 Å². The van der Waals surface area contributed by atoms with Crippen molar-refractivity contribution in [1.29, 1.82) is 0 Å². The fraction of sp³-hybridized carbons (Fsp3) is 0.222. The number of fused-ring (bicyclic) bond motifs is 1. The van der Waals surface area contributed by atoms with Crippen LogP contribution in [0.25, 0.3) is 5.65 Å². The predicted molar refractivity (Wildman–Crippen MR) is 69.3 cm³/mol. The van der Waals surface area contributed by atoms with Crippen molar-refractivity contribution in [3.8, 4) is 0 Å². The molecule has 0 saturated heterocycles. The minimum Gasteiger partial charge on any atom is -0.776 e. The van der Waals surface area contributed by atoms with Gasteiger partial charge >= 0.3 is 37.7 Å². The molecule has 2 atom stereocenters. The average molecular weight is 360 g/mol. The monoisotopic (exact) mass is 360 g/mol. The van der Waals surface area contributed by atoms with Gasteiger partial charge in [0.25, 0.3) is 0 Å². The second-order valence-corrected chi connectivity index (χ2v) is 8.08. The third kappa shape index (κ3) is 3.59. The summed E-state index contributed by atoms with van der Waals surface area (Å²) in [5.74, 6) is 0. The zero-order chi connectivity index (χ0) is 15.2. The molecule has 110 valence electrons. The molecular weight excluding hydrogens is 350 g/mol. The van der Waals surface area contributed by atoms with Crippen molar-refractivity contribution in [2.75, 3.05) is 0 Å². The van der Waals surface area contributed by atoms with Crippen molar-refractivity contribution in [2.45, 2.75) is 11.5 Å². The zero-order valence-electron chi connectivity index (χ0n) is 10.6. The van der Waals surface area contributed by atoms with Gasteiger partial charge in [-0.25, -0.2) is 4.98 Å². The fourth-order valence-electron chi connectivity index (χ4n) is 1.72. The molecule has 2 aromatic rings. The molecule has 21 heavy (non-hydrogen) atoms. The van der Waals surface area contributed by atoms with Gasteiger partial charge in [-0.15, -0.1) is 0 Å². The number of aromatic nitrogens is 2. The van der Waals surface area contributed by atoms with Crippen molar-refractivity contribution in [2.24, 2.45) is 0 Å². The second-order valence-electron chi connectivity index (χ2n) is 4.17. The van der Waals surface area contributed by atoms with Crippen LogP contribution in [0.5, 0.6) is 0 Å². The minimum atomic E-state index is -5.79. The van der Waals surface area contributed by atoms with Gasteiger partial charge in [-0.2, -0.15) is 0 Å². The number of aliphatic hydroxyl groups is 1. The number of rotatable bonds is 4. The van der Waals surface area contributed by atoms with E-state index in [9.17, 15) is 24.0 Å². The maximum absolute atomic E-state index is 11.1. The Bertz CT molecular complexity index is 715. The van der Waals surface area contributed by atoms with Crippen LogP contribution >= 0.6 is 15.2 Å². The van der Waals surface area contributed by atoms with E-state index in [-0.39, 0.29) is 43.4 Å². The van der Waals surface area contributed by atoms with Crippen molar-refractivity contribution < 1.29 is 33.8 Å². The first kappa shape index (κ1) is 19.3. The Balaban J connectivity index is 0.00000220. The summed E-state index contributed by atoms with van der Waals surface area (Å²) in [4.78, 5) is 44.0. The summed E-state index contributed by atoms with van der Waals surface area (Å²) >= 11 is 0. The van der Waals surface area contributed by atoms with E-state index >= 15 is 0 Å². The average Bonchev–Trinajstić information content (AvgIpc) is 2.70. The van der Waals surface area contributed by atoms with E-state index in [1.165, 1.54) is 10.6 Å². The molecule has 2 heterocycles. The Morgan fingerprint density at radius 3 is 2.33 bits per heavy atom. The van der Waals surface area contributed by atoms with Gasteiger partial charge in [0.15, 0.2) is 20.3 Å². The summed E-state index contributed by atoms with van der Waals surface area (Å²) in [7, 11) is -11.6. The smallest absolute Gasteiger partial charge is 0.776 e. The Kier molecular flexibility index (Phi) is 5.84. The topological polar surface area (TPSA) is 158 Å². The van der Waals surface area contributed by atoms with E-state index in [0.29, 0.717) is 5.65 Å². The number of nitrogens with zero attached hydrogens (tertiary/aromatic N) is 2. The number of hydrogen-bond acceptors (Lipinski definition) is 6. The van der Waals surface area contributed by atoms with E-state index in [1.807, 2.05) is 0 Å². The molecule has 0 saturated carbocycles. The molecule has 2 aromatic heterocycles. The van der Waals surface area contributed by atoms with Gasteiger partial charge in [0, 0.05) is 24.5 Å². The molecule has 9 nitrogen and oxygen atoms in total. The van der Waals surface area contributed by atoms with Crippen molar-refractivity contribution >= 4 is 58.6 Å². The van der Waals surface area contributed by atoms with E-state index in [1.54, 1.807) is 18.2 Å². The van der Waals surface area contributed by atoms with Gasteiger partial charge < -0.3 is 38.2 Å². The summed E-state index contributed by atoms with van der Waals surface area (Å²) < 4.78 is 23.6. The van der Waals surface area contributed by atoms with Crippen LogP contribution in [0.2, 0.25) is 0 Å². The van der Waals surface area contributed by atoms with Crippen LogP contribution in [-0.4, -0.2) is 67.1 Å². The van der Waals surface area contributed by atoms with Crippen molar-refractivity contribution in [1.82, 2.24) is 9.38 Å². The van der Waals surface area contributed by atoms with Gasteiger partial charge in [0.1, 0.15) is 5.65 Å². The van der Waals surface area contributed by atoms with Crippen molar-refractivity contribution in [3.63, 3.8) is 0 Å². The summed E-state index contributed by atoms with van der Waals surface area (Å²) in [6, 6.07) is 4.78. The fourth-order valence-corrected chi connectivity index (χ4v) is 3.72. The normalized spacial score (nSPS) is 20.0. The number of imidazole rings is 1. The molecule has 0 spiro atoms. The van der Waals surface area contributed by atoms with Gasteiger partial charge in [-0.05, 0) is 12.1 Å². The molecule has 0 aromatic carbocycles. The molecule has 0 aliphatic rings. The van der Waals surface area contributed by atoms with Crippen LogP contribution in [-0.2, 0) is 15.6 Å². The number of pyridine rings is 1. The molecule has 3 N–H and O–H groups in total. The molecule has 0 amide bonds. The zero-order valence-corrected chi connectivity index (χ0v) is 14.6. The van der Waals surface area contributed by atoms with E-state index in [0.717, 1.165) is 6.20 Å². The summed E-state index contributed by atoms with van der Waals surface area (Å²) in [6.45, 7) is 0. The molecule has 0 radical (unpaired) electrons. The first-order valence-corrected chi connectivity index (χ1v) is 8.43. The molecule has 2 rings (SSSR count). The standard InChI is InChI=1S/C9H12N2O7P2.Ca/c12-9(19(13,14)15,20(16,17)18)5-7-6-10-8-3-1-2-4-11(7)8;/h1-4,6,12H,5H2,(H2,13,14,15)(H2,16,17,18);/q;+2/p-2. The third-order valence-electron chi connectivity index (χ3n) is 2.82. The Morgan fingerprint density at radius 1 is 1.24 bits per heavy atom. The van der Waals surface area contributed by atoms with E-state index in [4.69, 9.17) is 9.79 Å². The third-order valence-corrected chi connectivity index (χ3v) is 6.46. The molecule has 12 heteroatoms. The quantitative estimate of drug-likeness (QED) is 0.427. The molecular formula is C9H10CaN2O7P2. The predicted octanol–water partition coefficient (Wildman–Crippen LogP) is -1.77. The van der Waals surface area contributed by atoms with Crippen LogP contribution in [0.3, 0.4) is 0 Å². The Labute approximate surface area is 149 Å². The largest absolute Gasteiger partial charge is 2.00 e. The van der Waals surface area contributed by atoms with Gasteiger partial charge in [0.2, 0.25) is 0 Å². The molecule has 0 aliphatic carbocycles. The first-order chi connectivity index (χ1) is 9.06. The Morgan fingerprint density at radius 2 is 1.81 bits per heavy atom. The van der Waals surface area contributed by atoms with Crippen LogP contribution in [0.15, 0.2) is 30.6 Å². The first-order valence-electron chi connectivity index (χ1n) is 5.27. The summed E-state index contributed by atoms with van der Waals surface area (Å²) in [5, 5.41) is 6.02. The maximum Gasteiger partial charge on any atom is 2.00 e. The van der Waals surface area contributed by atoms with Crippen LogP contribution < -0.4 is 9.79 Å². The minimum absolute atomic E-state index is 0. The second kappa shape index (κ2) is 6.37. The molecule has 0 fully saturated rings. The van der Waals surface area contributed by atoms with Gasteiger partial charge in [-0.1, -0.05) is 6.07 Å². The maximum atomic E-state index is 11.1. The Hall–Kier alpha value is 0.210. The SMILES string of the molecule is O=P([O-])(O)C(O)(Cc1cnc2ccccn12)P(=O)([O-])O.[Ca+2]. The van der Waals surface area contributed by atoms with Crippen LogP contribution in [0, 0.1) is 0 Å². The summed E-state index contributed by atoms with van der Waals surface area (Å²) in [6.07, 6.45) is 1.52. The number of hydrogen-bond donors (Lipinski definition) is 3. The molecule has 2 unspecified atom stereocenters. The van der Waals surface area contributed by atoms with Gasteiger partial charge in [0.05, 0.1) is 0 Å². The molecule has 0 bridgehead atoms. The van der Waals surface area contributed by atoms with Crippen LogP contribution in [0.1, 0.15) is 5.69 Å². The van der Waals surface area contributed by atoms with Crippen molar-refractivity contribution in [3.05, 3.63) is 36.3 Å². The van der Waals surface area contributed by atoms with Gasteiger partial charge in [-0.3, -0.25) is 0 Å². The molecule has 0 aliphatic heterocycles. The summed E-state index contributed by atoms with van der Waals surface area (Å²) in [5.41, 5.74) is 0.362. The van der Waals surface area contributed by atoms with E-state index < -0.39 is 26.7 Å².